The molecule has 21 heteroatoms. The summed E-state index contributed by atoms with van der Waals surface area (Å²) in [7, 11) is -14.3. The van der Waals surface area contributed by atoms with E-state index in [4.69, 9.17) is 0 Å². The van der Waals surface area contributed by atoms with Crippen LogP contribution in [0.4, 0.5) is 17.1 Å². The van der Waals surface area contributed by atoms with Gasteiger partial charge in [0.1, 0.15) is 21.2 Å². The number of carbonyl (C=O) groups excluding carboxylic acids is 3. The number of allylic oxidation sites excluding steroid dienone is 2. The van der Waals surface area contributed by atoms with E-state index in [9.17, 15) is 53.3 Å². The predicted molar refractivity (Wildman–Crippen MR) is 224 cm³/mol. The molecule has 304 valence electrons. The Balaban J connectivity index is 0.961. The van der Waals surface area contributed by atoms with Crippen LogP contribution in [0.15, 0.2) is 151 Å². The Bertz CT molecular complexity index is 3090. The zero-order valence-electron chi connectivity index (χ0n) is 30.2. The first kappa shape index (κ1) is 41.6. The van der Waals surface area contributed by atoms with Crippen LogP contribution in [0.3, 0.4) is 0 Å². The molecule has 2 aliphatic rings. The Morgan fingerprint density at radius 3 is 1.68 bits per heavy atom. The molecule has 2 aliphatic carbocycles. The molecule has 0 unspecified atom stereocenters. The van der Waals surface area contributed by atoms with Crippen molar-refractivity contribution in [2.45, 2.75) is 14.7 Å². The maximum Gasteiger partial charge on any atom is 0.298 e. The lowest BCUT2D eigenvalue weighted by atomic mass is 9.94. The standard InChI is InChI=1S/C39H27N5O12S4/c45-37-32-4-2-1-3-31(32)34(59(51,52)53)21-33(37)43-41-25-7-5-22(6-8-25)39(47)40-24-9-13-27(14-10-24)57-28-15-11-26(12-16-28)42-44-36-30-18-17-29(58(48,49)50)19-23(30)20-35(38(36)46)60(54,55)56/h1-21,41-42H,(H,40,47)(H,48,49,50)(H,51,52,53)(H,54,55,56)/b43-33+,44-36-. The van der Waals surface area contributed by atoms with E-state index in [0.29, 0.717) is 22.6 Å². The molecule has 60 heavy (non-hydrogen) atoms. The molecule has 1 amide bonds. The molecule has 0 radical (unpaired) electrons. The van der Waals surface area contributed by atoms with Gasteiger partial charge in [-0.15, -0.1) is 0 Å². The second-order valence-corrected chi connectivity index (χ2v) is 18.1. The monoisotopic (exact) mass is 885 g/mol. The number of rotatable bonds is 11. The number of anilines is 3. The summed E-state index contributed by atoms with van der Waals surface area (Å²) < 4.78 is 99.7. The van der Waals surface area contributed by atoms with E-state index in [1.807, 2.05) is 0 Å². The lowest BCUT2D eigenvalue weighted by molar-refractivity contribution is -0.109. The highest BCUT2D eigenvalue weighted by molar-refractivity contribution is 7.99. The molecule has 0 spiro atoms. The molecule has 5 aromatic rings. The fraction of sp³-hybridized carbons (Fsp3) is 0. The Kier molecular flexibility index (Phi) is 11.2. The fourth-order valence-corrected chi connectivity index (χ4v) is 8.52. The first-order valence-electron chi connectivity index (χ1n) is 17.0. The Hall–Kier alpha value is -6.59. The summed E-state index contributed by atoms with van der Waals surface area (Å²) in [6.07, 6.45) is 1.78. The minimum absolute atomic E-state index is 0.0536. The number of Topliss-reactive ketones (excluding diaryl/α,β-unsaturated/α-hetero) is 2. The highest BCUT2D eigenvalue weighted by Crippen LogP contribution is 2.32. The van der Waals surface area contributed by atoms with Crippen molar-refractivity contribution in [1.82, 2.24) is 0 Å². The molecule has 0 atom stereocenters. The number of nitrogens with zero attached hydrogens (tertiary/aromatic N) is 2. The van der Waals surface area contributed by atoms with Crippen LogP contribution in [0, 0.1) is 0 Å². The molecular formula is C39H27N5O12S4. The molecule has 5 aromatic carbocycles. The van der Waals surface area contributed by atoms with E-state index >= 15 is 0 Å². The number of hydrogen-bond donors (Lipinski definition) is 6. The van der Waals surface area contributed by atoms with Gasteiger partial charge in [0, 0.05) is 37.7 Å². The van der Waals surface area contributed by atoms with Gasteiger partial charge in [0.05, 0.1) is 16.3 Å². The van der Waals surface area contributed by atoms with Crippen molar-refractivity contribution < 1.29 is 53.3 Å². The summed E-state index contributed by atoms with van der Waals surface area (Å²) in [5, 5.41) is 10.9. The molecule has 0 bridgehead atoms. The second-order valence-electron chi connectivity index (χ2n) is 12.8. The summed E-state index contributed by atoms with van der Waals surface area (Å²) in [6, 6.07) is 28.9. The molecule has 6 N–H and O–H groups in total. The molecule has 7 rings (SSSR count). The first-order chi connectivity index (χ1) is 28.3. The fourth-order valence-electron chi connectivity index (χ4n) is 5.87. The van der Waals surface area contributed by atoms with Crippen LogP contribution in [-0.2, 0) is 35.1 Å². The Labute approximate surface area is 345 Å². The van der Waals surface area contributed by atoms with Crippen molar-refractivity contribution in [3.05, 3.63) is 154 Å². The zero-order chi connectivity index (χ0) is 43.0. The van der Waals surface area contributed by atoms with Gasteiger partial charge in [-0.2, -0.15) is 35.5 Å². The molecule has 0 saturated carbocycles. The Morgan fingerprint density at radius 2 is 1.10 bits per heavy atom. The van der Waals surface area contributed by atoms with Crippen LogP contribution in [0.2, 0.25) is 0 Å². The highest BCUT2D eigenvalue weighted by atomic mass is 32.2. The number of benzene rings is 5. The van der Waals surface area contributed by atoms with Gasteiger partial charge in [-0.3, -0.25) is 38.9 Å². The van der Waals surface area contributed by atoms with E-state index in [0.717, 1.165) is 34.1 Å². The Morgan fingerprint density at radius 1 is 0.550 bits per heavy atom. The van der Waals surface area contributed by atoms with Crippen LogP contribution < -0.4 is 16.2 Å². The number of fused-ring (bicyclic) bond motifs is 2. The van der Waals surface area contributed by atoms with Crippen LogP contribution in [-0.4, -0.2) is 67.8 Å². The van der Waals surface area contributed by atoms with Gasteiger partial charge < -0.3 is 5.32 Å². The average Bonchev–Trinajstić information content (AvgIpc) is 3.20. The van der Waals surface area contributed by atoms with Crippen LogP contribution in [0.25, 0.3) is 11.0 Å². The van der Waals surface area contributed by atoms with Gasteiger partial charge >= 0.3 is 0 Å². The topological polar surface area (TPSA) is 275 Å². The normalized spacial score (nSPS) is 15.4. The summed E-state index contributed by atoms with van der Waals surface area (Å²) >= 11 is 1.39. The number of amides is 1. The van der Waals surface area contributed by atoms with E-state index in [-0.39, 0.29) is 28.0 Å². The smallest absolute Gasteiger partial charge is 0.298 e. The van der Waals surface area contributed by atoms with Crippen LogP contribution >= 0.6 is 11.8 Å². The summed E-state index contributed by atoms with van der Waals surface area (Å²) in [5.74, 6) is -2.09. The maximum absolute atomic E-state index is 13.0. The van der Waals surface area contributed by atoms with Gasteiger partial charge in [-0.25, -0.2) is 0 Å². The van der Waals surface area contributed by atoms with Crippen LogP contribution in [0.5, 0.6) is 0 Å². The lowest BCUT2D eigenvalue weighted by Gasteiger charge is -2.17. The summed E-state index contributed by atoms with van der Waals surface area (Å²) in [5.41, 5.74) is 6.36. The van der Waals surface area contributed by atoms with Gasteiger partial charge in [-0.1, -0.05) is 42.1 Å². The summed E-state index contributed by atoms with van der Waals surface area (Å²) in [6.45, 7) is 0. The third-order valence-corrected chi connectivity index (χ3v) is 12.4. The van der Waals surface area contributed by atoms with E-state index in [1.54, 1.807) is 60.7 Å². The number of hydrazone groups is 2. The first-order valence-corrected chi connectivity index (χ1v) is 22.1. The van der Waals surface area contributed by atoms with Gasteiger partial charge in [-0.05, 0) is 103 Å². The molecular weight excluding hydrogens is 859 g/mol. The van der Waals surface area contributed by atoms with Crippen molar-refractivity contribution >= 4 is 99.1 Å². The molecule has 0 saturated heterocycles. The van der Waals surface area contributed by atoms with Crippen molar-refractivity contribution in [1.29, 1.82) is 0 Å². The minimum atomic E-state index is -5.02. The molecule has 0 aromatic heterocycles. The second kappa shape index (κ2) is 16.2. The average molecular weight is 886 g/mol. The van der Waals surface area contributed by atoms with Gasteiger partial charge in [0.2, 0.25) is 11.6 Å². The summed E-state index contributed by atoms with van der Waals surface area (Å²) in [4.78, 5) is 38.4. The van der Waals surface area contributed by atoms with Gasteiger partial charge in [0.25, 0.3) is 36.3 Å². The van der Waals surface area contributed by atoms with E-state index < -0.39 is 68.2 Å². The largest absolute Gasteiger partial charge is 0.322 e. The van der Waals surface area contributed by atoms with Gasteiger partial charge in [0.15, 0.2) is 0 Å². The zero-order valence-corrected chi connectivity index (χ0v) is 33.4. The third kappa shape index (κ3) is 9.16. The molecule has 0 heterocycles. The highest BCUT2D eigenvalue weighted by Gasteiger charge is 2.34. The molecule has 0 fully saturated rings. The molecule has 0 aliphatic heterocycles. The number of nitrogens with one attached hydrogen (secondary N) is 3. The van der Waals surface area contributed by atoms with Crippen molar-refractivity contribution in [2.24, 2.45) is 10.2 Å². The lowest BCUT2D eigenvalue weighted by Crippen LogP contribution is -2.27. The number of hydrogen-bond acceptors (Lipinski definition) is 14. The van der Waals surface area contributed by atoms with Crippen LogP contribution in [0.1, 0.15) is 37.4 Å². The maximum atomic E-state index is 13.0. The SMILES string of the molecule is O=C1C(S(=O)(=O)O)=Cc2cc(S(=O)(=O)O)ccc2/C1=N/Nc1ccc(Sc2ccc(NC(=O)c3ccc(N/N=C4\C=C(S(=O)(=O)O)c5ccccc5C4=O)cc3)cc2)cc1. The molecule has 17 nitrogen and oxygen atoms in total. The van der Waals surface area contributed by atoms with Crippen molar-refractivity contribution in [2.75, 3.05) is 16.2 Å². The quantitative estimate of drug-likeness (QED) is 0.0670. The van der Waals surface area contributed by atoms with E-state index in [2.05, 4.69) is 26.4 Å². The number of ketones is 2. The minimum Gasteiger partial charge on any atom is -0.322 e. The van der Waals surface area contributed by atoms with Crippen molar-refractivity contribution in [3.63, 3.8) is 0 Å². The third-order valence-electron chi connectivity index (χ3n) is 8.75. The van der Waals surface area contributed by atoms with Crippen molar-refractivity contribution in [3.8, 4) is 0 Å². The van der Waals surface area contributed by atoms with E-state index in [1.165, 1.54) is 54.2 Å². The number of carbonyl (C=O) groups is 3. The predicted octanol–water partition coefficient (Wildman–Crippen LogP) is 5.86.